The minimum Gasteiger partial charge on any atom is -0.457 e. The number of hydrogen-bond donors (Lipinski definition) is 0. The van der Waals surface area contributed by atoms with Crippen LogP contribution in [0.25, 0.3) is 10.2 Å². The lowest BCUT2D eigenvalue weighted by Crippen LogP contribution is -2.16. The van der Waals surface area contributed by atoms with Gasteiger partial charge in [-0.05, 0) is 31.2 Å². The van der Waals surface area contributed by atoms with Gasteiger partial charge in [0.2, 0.25) is 0 Å². The maximum atomic E-state index is 12.1. The molecule has 0 saturated carbocycles. The molecule has 0 bridgehead atoms. The Bertz CT molecular complexity index is 875. The molecule has 0 unspecified atom stereocenters. The van der Waals surface area contributed by atoms with Crippen molar-refractivity contribution in [2.45, 2.75) is 23.7 Å². The van der Waals surface area contributed by atoms with E-state index < -0.39 is 10.2 Å². The number of thioether (sulfide) groups is 1. The van der Waals surface area contributed by atoms with E-state index in [-0.39, 0.29) is 18.3 Å². The maximum absolute atomic E-state index is 12.1. The quantitative estimate of drug-likeness (QED) is 0.275. The zero-order valence-corrected chi connectivity index (χ0v) is 14.9. The summed E-state index contributed by atoms with van der Waals surface area (Å²) in [6.07, 6.45) is 0. The number of thiazole rings is 1. The third-order valence-corrected chi connectivity index (χ3v) is 5.47. The highest BCUT2D eigenvalue weighted by Crippen LogP contribution is 2.27. The van der Waals surface area contributed by atoms with Gasteiger partial charge in [-0.3, -0.25) is 14.9 Å². The van der Waals surface area contributed by atoms with E-state index >= 15 is 0 Å². The van der Waals surface area contributed by atoms with Crippen molar-refractivity contribution in [1.29, 1.82) is 0 Å². The molecule has 3 rings (SSSR count). The highest BCUT2D eigenvalue weighted by Gasteiger charge is 2.17. The smallest absolute Gasteiger partial charge is 0.319 e. The SMILES string of the molecule is C[C@H](Sc1ccc([N+](=O)[O-])cc1)C(=O)OCc1nc2ccccc2s1. The first kappa shape index (κ1) is 17.4. The first-order valence-electron chi connectivity index (χ1n) is 7.45. The number of rotatable bonds is 6. The average molecular weight is 374 g/mol. The van der Waals surface area contributed by atoms with Crippen molar-refractivity contribution in [3.63, 3.8) is 0 Å². The van der Waals surface area contributed by atoms with Crippen molar-refractivity contribution >= 4 is 45.0 Å². The molecule has 0 N–H and O–H groups in total. The van der Waals surface area contributed by atoms with Crippen molar-refractivity contribution in [3.05, 3.63) is 63.7 Å². The van der Waals surface area contributed by atoms with Gasteiger partial charge in [-0.25, -0.2) is 4.98 Å². The zero-order chi connectivity index (χ0) is 17.8. The number of nitrogens with zero attached hydrogens (tertiary/aromatic N) is 2. The number of carbonyl (C=O) groups is 1. The van der Waals surface area contributed by atoms with Crippen molar-refractivity contribution in [1.82, 2.24) is 4.98 Å². The molecule has 0 aliphatic carbocycles. The predicted molar refractivity (Wildman–Crippen MR) is 97.8 cm³/mol. The molecule has 128 valence electrons. The van der Waals surface area contributed by atoms with Gasteiger partial charge in [-0.1, -0.05) is 12.1 Å². The van der Waals surface area contributed by atoms with Gasteiger partial charge in [0.25, 0.3) is 5.69 Å². The summed E-state index contributed by atoms with van der Waals surface area (Å²) in [4.78, 5) is 27.5. The molecule has 6 nitrogen and oxygen atoms in total. The number of para-hydroxylation sites is 1. The zero-order valence-electron chi connectivity index (χ0n) is 13.2. The van der Waals surface area contributed by atoms with Gasteiger partial charge in [0.15, 0.2) is 0 Å². The summed E-state index contributed by atoms with van der Waals surface area (Å²) >= 11 is 2.80. The van der Waals surface area contributed by atoms with E-state index in [0.29, 0.717) is 0 Å². The molecular weight excluding hydrogens is 360 g/mol. The lowest BCUT2D eigenvalue weighted by molar-refractivity contribution is -0.384. The second-order valence-electron chi connectivity index (χ2n) is 5.19. The van der Waals surface area contributed by atoms with E-state index in [1.807, 2.05) is 24.3 Å². The Hall–Kier alpha value is -2.45. The largest absolute Gasteiger partial charge is 0.457 e. The summed E-state index contributed by atoms with van der Waals surface area (Å²) in [5.74, 6) is -0.345. The number of esters is 1. The van der Waals surface area contributed by atoms with Crippen LogP contribution in [0.5, 0.6) is 0 Å². The minimum atomic E-state index is -0.454. The van der Waals surface area contributed by atoms with E-state index in [9.17, 15) is 14.9 Å². The van der Waals surface area contributed by atoms with Crippen LogP contribution in [0.3, 0.4) is 0 Å². The normalized spacial score (nSPS) is 12.0. The highest BCUT2D eigenvalue weighted by atomic mass is 32.2. The molecule has 0 saturated heterocycles. The Labute approximate surface area is 152 Å². The second-order valence-corrected chi connectivity index (χ2v) is 7.72. The van der Waals surface area contributed by atoms with Crippen LogP contribution < -0.4 is 0 Å². The van der Waals surface area contributed by atoms with Crippen LogP contribution >= 0.6 is 23.1 Å². The molecule has 0 aliphatic heterocycles. The molecule has 1 aromatic heterocycles. The molecule has 1 atom stereocenters. The van der Waals surface area contributed by atoms with Crippen LogP contribution in [0.2, 0.25) is 0 Å². The Balaban J connectivity index is 1.56. The molecule has 0 amide bonds. The van der Waals surface area contributed by atoms with Gasteiger partial charge < -0.3 is 4.74 Å². The van der Waals surface area contributed by atoms with E-state index in [2.05, 4.69) is 4.98 Å². The minimum absolute atomic E-state index is 0.0235. The summed E-state index contributed by atoms with van der Waals surface area (Å²) in [7, 11) is 0. The summed E-state index contributed by atoms with van der Waals surface area (Å²) in [6.45, 7) is 1.89. The Kier molecular flexibility index (Phi) is 5.30. The summed E-state index contributed by atoms with van der Waals surface area (Å²) in [6, 6.07) is 13.8. The fourth-order valence-corrected chi connectivity index (χ4v) is 3.88. The number of benzene rings is 2. The number of ether oxygens (including phenoxy) is 1. The van der Waals surface area contributed by atoms with E-state index in [4.69, 9.17) is 4.74 Å². The molecule has 3 aromatic rings. The molecule has 0 fully saturated rings. The van der Waals surface area contributed by atoms with Crippen LogP contribution in [0.15, 0.2) is 53.4 Å². The lowest BCUT2D eigenvalue weighted by atomic mass is 10.3. The summed E-state index contributed by atoms with van der Waals surface area (Å²) < 4.78 is 6.39. The molecule has 0 radical (unpaired) electrons. The van der Waals surface area contributed by atoms with Crippen molar-refractivity contribution in [2.75, 3.05) is 0 Å². The molecule has 2 aromatic carbocycles. The number of carbonyl (C=O) groups excluding carboxylic acids is 1. The highest BCUT2D eigenvalue weighted by molar-refractivity contribution is 8.00. The number of aromatic nitrogens is 1. The molecule has 0 spiro atoms. The molecule has 1 heterocycles. The van der Waals surface area contributed by atoms with Gasteiger partial charge in [-0.2, -0.15) is 0 Å². The van der Waals surface area contributed by atoms with E-state index in [1.165, 1.54) is 35.2 Å². The Morgan fingerprint density at radius 2 is 2.00 bits per heavy atom. The first-order chi connectivity index (χ1) is 12.0. The van der Waals surface area contributed by atoms with Gasteiger partial charge >= 0.3 is 5.97 Å². The maximum Gasteiger partial charge on any atom is 0.319 e. The first-order valence-corrected chi connectivity index (χ1v) is 9.15. The fourth-order valence-electron chi connectivity index (χ4n) is 2.13. The van der Waals surface area contributed by atoms with E-state index in [0.717, 1.165) is 20.1 Å². The van der Waals surface area contributed by atoms with Gasteiger partial charge in [-0.15, -0.1) is 23.1 Å². The third kappa shape index (κ3) is 4.34. The number of fused-ring (bicyclic) bond motifs is 1. The monoisotopic (exact) mass is 374 g/mol. The summed E-state index contributed by atoms with van der Waals surface area (Å²) in [5, 5.41) is 11.0. The van der Waals surface area contributed by atoms with Gasteiger partial charge in [0, 0.05) is 17.0 Å². The van der Waals surface area contributed by atoms with Crippen molar-refractivity contribution in [3.8, 4) is 0 Å². The van der Waals surface area contributed by atoms with Crippen LogP contribution in [-0.4, -0.2) is 21.1 Å². The van der Waals surface area contributed by atoms with E-state index in [1.54, 1.807) is 19.1 Å². The predicted octanol–water partition coefficient (Wildman–Crippen LogP) is 4.43. The lowest BCUT2D eigenvalue weighted by Gasteiger charge is -2.10. The summed E-state index contributed by atoms with van der Waals surface area (Å²) in [5.41, 5.74) is 0.919. The number of non-ortho nitro benzene ring substituents is 1. The molecule has 8 heteroatoms. The Morgan fingerprint density at radius 3 is 2.68 bits per heavy atom. The van der Waals surface area contributed by atoms with Crippen molar-refractivity contribution in [2.24, 2.45) is 0 Å². The third-order valence-electron chi connectivity index (χ3n) is 3.37. The molecule has 25 heavy (non-hydrogen) atoms. The van der Waals surface area contributed by atoms with Gasteiger partial charge in [0.1, 0.15) is 16.9 Å². The Morgan fingerprint density at radius 1 is 1.28 bits per heavy atom. The number of nitro groups is 1. The standard InChI is InChI=1S/C17H14N2O4S2/c1-11(24-13-8-6-12(7-9-13)19(21)22)17(20)23-10-16-18-14-4-2-3-5-15(14)25-16/h2-9,11H,10H2,1H3/t11-/m0/s1. The van der Waals surface area contributed by atoms with Crippen molar-refractivity contribution < 1.29 is 14.5 Å². The van der Waals surface area contributed by atoms with Crippen LogP contribution in [0.1, 0.15) is 11.9 Å². The van der Waals surface area contributed by atoms with Crippen LogP contribution in [0, 0.1) is 10.1 Å². The van der Waals surface area contributed by atoms with Crippen LogP contribution in [0.4, 0.5) is 5.69 Å². The second kappa shape index (κ2) is 7.62. The molecule has 0 aliphatic rings. The van der Waals surface area contributed by atoms with Crippen LogP contribution in [-0.2, 0) is 16.1 Å². The molecular formula is C17H14N2O4S2. The number of hydrogen-bond acceptors (Lipinski definition) is 7. The topological polar surface area (TPSA) is 82.3 Å². The number of nitro benzene ring substituents is 1. The fraction of sp³-hybridized carbons (Fsp3) is 0.176. The van der Waals surface area contributed by atoms with Gasteiger partial charge in [0.05, 0.1) is 15.1 Å². The average Bonchev–Trinajstić information content (AvgIpc) is 3.03.